The predicted molar refractivity (Wildman–Crippen MR) is 127 cm³/mol. The molecule has 3 aromatic carbocycles. The van der Waals surface area contributed by atoms with Crippen molar-refractivity contribution in [3.63, 3.8) is 0 Å². The molecule has 156 valence electrons. The maximum absolute atomic E-state index is 11.8. The van der Waals surface area contributed by atoms with E-state index < -0.39 is 0 Å². The maximum atomic E-state index is 11.8. The van der Waals surface area contributed by atoms with Crippen molar-refractivity contribution < 1.29 is 14.7 Å². The fraction of sp³-hybridized carbons (Fsp3) is 0. The number of benzene rings is 3. The first kappa shape index (κ1) is 19.8. The Morgan fingerprint density at radius 2 is 1.62 bits per heavy atom. The summed E-state index contributed by atoms with van der Waals surface area (Å²) in [5, 5.41) is 13.4. The van der Waals surface area contributed by atoms with Gasteiger partial charge >= 0.3 is 0 Å². The van der Waals surface area contributed by atoms with E-state index in [1.165, 1.54) is 0 Å². The molecule has 0 unspecified atom stereocenters. The number of carbonyl (C=O) groups excluding carboxylic acids is 2. The Morgan fingerprint density at radius 1 is 0.906 bits per heavy atom. The van der Waals surface area contributed by atoms with Crippen molar-refractivity contribution in [3.05, 3.63) is 100 Å². The second-order valence-electron chi connectivity index (χ2n) is 7.16. The first-order valence-electron chi connectivity index (χ1n) is 9.87. The van der Waals surface area contributed by atoms with E-state index in [0.717, 1.165) is 33.8 Å². The first-order chi connectivity index (χ1) is 15.6. The fourth-order valence-electron chi connectivity index (χ4n) is 3.57. The van der Waals surface area contributed by atoms with Gasteiger partial charge in [0.15, 0.2) is 5.88 Å². The lowest BCUT2D eigenvalue weighted by Gasteiger charge is -2.08. The number of thioether (sulfide) groups is 1. The van der Waals surface area contributed by atoms with E-state index in [1.807, 2.05) is 78.9 Å². The smallest absolute Gasteiger partial charge is 0.290 e. The average Bonchev–Trinajstić information content (AvgIpc) is 3.30. The number of hydrogen-bond acceptors (Lipinski definition) is 5. The number of carbonyl (C=O) groups is 2. The highest BCUT2D eigenvalue weighted by Gasteiger charge is 2.25. The Kier molecular flexibility index (Phi) is 5.09. The molecular weight excluding hydrogens is 422 g/mol. The van der Waals surface area contributed by atoms with Crippen LogP contribution in [0.25, 0.3) is 17.0 Å². The monoisotopic (exact) mass is 439 g/mol. The van der Waals surface area contributed by atoms with Gasteiger partial charge in [-0.05, 0) is 41.6 Å². The van der Waals surface area contributed by atoms with Gasteiger partial charge in [0.25, 0.3) is 11.1 Å². The van der Waals surface area contributed by atoms with Gasteiger partial charge in [-0.2, -0.15) is 0 Å². The summed E-state index contributed by atoms with van der Waals surface area (Å²) < 4.78 is 0. The molecule has 0 atom stereocenters. The number of rotatable bonds is 4. The van der Waals surface area contributed by atoms with E-state index in [4.69, 9.17) is 4.99 Å². The van der Waals surface area contributed by atoms with Crippen molar-refractivity contribution in [3.8, 4) is 5.88 Å². The minimum atomic E-state index is -0.386. The number of nitrogens with one attached hydrogen (secondary N) is 2. The van der Waals surface area contributed by atoms with Crippen molar-refractivity contribution in [2.75, 3.05) is 0 Å². The largest absolute Gasteiger partial charge is 0.494 e. The second-order valence-corrected chi connectivity index (χ2v) is 8.18. The van der Waals surface area contributed by atoms with Crippen LogP contribution in [-0.2, 0) is 4.79 Å². The minimum absolute atomic E-state index is 0.0593. The third-order valence-electron chi connectivity index (χ3n) is 5.04. The molecule has 1 fully saturated rings. The third-order valence-corrected chi connectivity index (χ3v) is 5.85. The number of H-pyrrole nitrogens is 1. The first-order valence-corrected chi connectivity index (χ1v) is 10.7. The lowest BCUT2D eigenvalue weighted by Crippen LogP contribution is -2.17. The number of imide groups is 1. The lowest BCUT2D eigenvalue weighted by atomic mass is 10.0. The Hall–Kier alpha value is -4.10. The van der Waals surface area contributed by atoms with Crippen molar-refractivity contribution in [2.24, 2.45) is 4.99 Å². The summed E-state index contributed by atoms with van der Waals surface area (Å²) in [4.78, 5) is 31.3. The number of fused-ring (bicyclic) bond motifs is 1. The third kappa shape index (κ3) is 3.81. The Bertz CT molecular complexity index is 1400. The molecule has 3 N–H and O–H groups in total. The predicted octanol–water partition coefficient (Wildman–Crippen LogP) is 5.37. The topological polar surface area (TPSA) is 94.6 Å². The molecule has 32 heavy (non-hydrogen) atoms. The molecule has 1 aliphatic heterocycles. The average molecular weight is 439 g/mol. The standard InChI is InChI=1S/C25H17N3O3S/c29-23-20(32-25(31)28-23)14-15-10-12-17(13-11-15)26-22(16-6-2-1-3-7-16)21-18-8-4-5-9-19(18)27-24(21)30/h1-14,27,30H,(H,28,29,31)/b20-14+,26-22?. The van der Waals surface area contributed by atoms with Crippen molar-refractivity contribution in [1.82, 2.24) is 10.3 Å². The quantitative estimate of drug-likeness (QED) is 0.294. The van der Waals surface area contributed by atoms with Gasteiger partial charge < -0.3 is 10.1 Å². The van der Waals surface area contributed by atoms with E-state index in [1.54, 1.807) is 6.08 Å². The van der Waals surface area contributed by atoms with Crippen LogP contribution in [0.5, 0.6) is 5.88 Å². The van der Waals surface area contributed by atoms with Crippen LogP contribution < -0.4 is 5.32 Å². The zero-order valence-electron chi connectivity index (χ0n) is 16.7. The molecule has 5 rings (SSSR count). The summed E-state index contributed by atoms with van der Waals surface area (Å²) in [7, 11) is 0. The molecule has 6 nitrogen and oxygen atoms in total. The molecule has 4 aromatic rings. The van der Waals surface area contributed by atoms with Gasteiger partial charge in [0.1, 0.15) is 0 Å². The van der Waals surface area contributed by atoms with Crippen LogP contribution in [0.3, 0.4) is 0 Å². The molecule has 2 amide bonds. The summed E-state index contributed by atoms with van der Waals surface area (Å²) in [6, 6.07) is 24.7. The lowest BCUT2D eigenvalue weighted by molar-refractivity contribution is -0.115. The Balaban J connectivity index is 1.58. The highest BCUT2D eigenvalue weighted by molar-refractivity contribution is 8.18. The summed E-state index contributed by atoms with van der Waals surface area (Å²) >= 11 is 0.884. The highest BCUT2D eigenvalue weighted by Crippen LogP contribution is 2.32. The molecule has 0 aliphatic carbocycles. The van der Waals surface area contributed by atoms with Crippen molar-refractivity contribution >= 4 is 51.3 Å². The van der Waals surface area contributed by atoms with Gasteiger partial charge in [-0.3, -0.25) is 14.9 Å². The van der Waals surface area contributed by atoms with Crippen LogP contribution in [0.4, 0.5) is 10.5 Å². The molecule has 2 heterocycles. The SMILES string of the molecule is O=C1NC(=O)/C(=C\c2ccc(N=C(c3ccccc3)c3c(O)[nH]c4ccccc34)cc2)S1. The molecule has 0 saturated carbocycles. The van der Waals surface area contributed by atoms with Crippen LogP contribution in [0.1, 0.15) is 16.7 Å². The molecule has 7 heteroatoms. The van der Waals surface area contributed by atoms with Crippen LogP contribution >= 0.6 is 11.8 Å². The minimum Gasteiger partial charge on any atom is -0.494 e. The van der Waals surface area contributed by atoms with E-state index in [2.05, 4.69) is 10.3 Å². The van der Waals surface area contributed by atoms with Gasteiger partial charge in [0.05, 0.1) is 21.9 Å². The van der Waals surface area contributed by atoms with Gasteiger partial charge in [-0.15, -0.1) is 0 Å². The number of aromatic nitrogens is 1. The van der Waals surface area contributed by atoms with Gasteiger partial charge in [-0.25, -0.2) is 4.99 Å². The van der Waals surface area contributed by atoms with Gasteiger partial charge in [0.2, 0.25) is 0 Å². The van der Waals surface area contributed by atoms with E-state index in [-0.39, 0.29) is 17.0 Å². The van der Waals surface area contributed by atoms with Gasteiger partial charge in [-0.1, -0.05) is 60.7 Å². The van der Waals surface area contributed by atoms with Crippen LogP contribution in [0.15, 0.2) is 88.8 Å². The highest BCUT2D eigenvalue weighted by atomic mass is 32.2. The van der Waals surface area contributed by atoms with Crippen LogP contribution in [-0.4, -0.2) is 26.9 Å². The Labute approximate surface area is 187 Å². The normalized spacial score (nSPS) is 15.5. The number of aromatic hydroxyl groups is 1. The fourth-order valence-corrected chi connectivity index (χ4v) is 4.26. The van der Waals surface area contributed by atoms with Crippen molar-refractivity contribution in [1.29, 1.82) is 0 Å². The number of hydrogen-bond donors (Lipinski definition) is 3. The number of aromatic amines is 1. The van der Waals surface area contributed by atoms with E-state index in [9.17, 15) is 14.7 Å². The van der Waals surface area contributed by atoms with Crippen LogP contribution in [0.2, 0.25) is 0 Å². The molecule has 1 aliphatic rings. The molecule has 0 bridgehead atoms. The Morgan fingerprint density at radius 3 is 2.34 bits per heavy atom. The molecular formula is C25H17N3O3S. The summed E-state index contributed by atoms with van der Waals surface area (Å²) in [6.45, 7) is 0. The summed E-state index contributed by atoms with van der Waals surface area (Å²) in [5.41, 5.74) is 4.45. The summed E-state index contributed by atoms with van der Waals surface area (Å²) in [6.07, 6.45) is 1.67. The maximum Gasteiger partial charge on any atom is 0.290 e. The molecule has 0 radical (unpaired) electrons. The summed E-state index contributed by atoms with van der Waals surface area (Å²) in [5.74, 6) is -0.327. The second kappa shape index (κ2) is 8.20. The van der Waals surface area contributed by atoms with Gasteiger partial charge in [0, 0.05) is 16.5 Å². The van der Waals surface area contributed by atoms with Crippen molar-refractivity contribution in [2.45, 2.75) is 0 Å². The number of aliphatic imine (C=N–C) groups is 1. The molecule has 0 spiro atoms. The molecule has 1 aromatic heterocycles. The zero-order valence-corrected chi connectivity index (χ0v) is 17.5. The van der Waals surface area contributed by atoms with Crippen LogP contribution in [0, 0.1) is 0 Å². The number of amides is 2. The number of para-hydroxylation sites is 1. The molecule has 1 saturated heterocycles. The zero-order chi connectivity index (χ0) is 22.1. The van der Waals surface area contributed by atoms with E-state index >= 15 is 0 Å². The van der Waals surface area contributed by atoms with E-state index in [0.29, 0.717) is 21.9 Å². The number of nitrogens with zero attached hydrogens (tertiary/aromatic N) is 1.